The van der Waals surface area contributed by atoms with Crippen LogP contribution in [0.3, 0.4) is 0 Å². The van der Waals surface area contributed by atoms with Crippen molar-refractivity contribution < 1.29 is 19.1 Å². The second-order valence-electron chi connectivity index (χ2n) is 5.74. The second kappa shape index (κ2) is 9.46. The molecular weight excluding hydrogens is 332 g/mol. The molecule has 1 amide bonds. The second-order valence-corrected chi connectivity index (χ2v) is 5.74. The van der Waals surface area contributed by atoms with Gasteiger partial charge in [0.1, 0.15) is 0 Å². The highest BCUT2D eigenvalue weighted by molar-refractivity contribution is 6.00. The first kappa shape index (κ1) is 19.3. The van der Waals surface area contributed by atoms with E-state index in [1.807, 2.05) is 24.3 Å². The van der Waals surface area contributed by atoms with Crippen molar-refractivity contribution in [3.8, 4) is 11.5 Å². The van der Waals surface area contributed by atoms with Crippen LogP contribution in [0.25, 0.3) is 0 Å². The number of carbonyl (C=O) groups is 2. The van der Waals surface area contributed by atoms with Gasteiger partial charge >= 0.3 is 0 Å². The molecule has 0 heterocycles. The molecule has 6 heteroatoms. The number of anilines is 1. The first-order valence-electron chi connectivity index (χ1n) is 8.36. The van der Waals surface area contributed by atoms with Crippen molar-refractivity contribution in [1.82, 2.24) is 5.32 Å². The summed E-state index contributed by atoms with van der Waals surface area (Å²) in [6.45, 7) is 2.12. The maximum Gasteiger partial charge on any atom is 0.239 e. The van der Waals surface area contributed by atoms with Crippen LogP contribution in [0.15, 0.2) is 42.5 Å². The van der Waals surface area contributed by atoms with Crippen LogP contribution in [0.5, 0.6) is 11.5 Å². The van der Waals surface area contributed by atoms with Gasteiger partial charge in [0.15, 0.2) is 17.3 Å². The molecule has 0 aromatic heterocycles. The molecule has 0 spiro atoms. The minimum Gasteiger partial charge on any atom is -0.493 e. The number of ether oxygens (including phenoxy) is 2. The van der Waals surface area contributed by atoms with Crippen LogP contribution in [0.2, 0.25) is 0 Å². The van der Waals surface area contributed by atoms with Gasteiger partial charge in [0.25, 0.3) is 0 Å². The standard InChI is InChI=1S/C20H24N2O4/c1-14(23)16-6-4-5-7-17(16)22-13-20(24)21-11-10-15-8-9-18(25-2)19(12-15)26-3/h4-9,12,22H,10-11,13H2,1-3H3,(H,21,24). The Bertz CT molecular complexity index is 774. The Balaban J connectivity index is 1.82. The summed E-state index contributed by atoms with van der Waals surface area (Å²) in [6.07, 6.45) is 0.677. The zero-order chi connectivity index (χ0) is 18.9. The fourth-order valence-corrected chi connectivity index (χ4v) is 2.56. The Kier molecular flexibility index (Phi) is 7.02. The molecule has 0 saturated heterocycles. The van der Waals surface area contributed by atoms with E-state index in [1.54, 1.807) is 32.4 Å². The highest BCUT2D eigenvalue weighted by Crippen LogP contribution is 2.27. The van der Waals surface area contributed by atoms with Crippen molar-refractivity contribution in [3.05, 3.63) is 53.6 Å². The number of rotatable bonds is 9. The molecule has 0 unspecified atom stereocenters. The summed E-state index contributed by atoms with van der Waals surface area (Å²) in [7, 11) is 3.18. The summed E-state index contributed by atoms with van der Waals surface area (Å²) in [4.78, 5) is 23.6. The Labute approximate surface area is 153 Å². The fraction of sp³-hybridized carbons (Fsp3) is 0.300. The molecular formula is C20H24N2O4. The number of hydrogen-bond donors (Lipinski definition) is 2. The summed E-state index contributed by atoms with van der Waals surface area (Å²) >= 11 is 0. The van der Waals surface area contributed by atoms with Crippen molar-refractivity contribution in [3.63, 3.8) is 0 Å². The maximum atomic E-state index is 12.0. The summed E-state index contributed by atoms with van der Waals surface area (Å²) in [5, 5.41) is 5.86. The van der Waals surface area contributed by atoms with E-state index in [0.717, 1.165) is 5.56 Å². The third-order valence-corrected chi connectivity index (χ3v) is 3.93. The van der Waals surface area contributed by atoms with Crippen LogP contribution in [0.1, 0.15) is 22.8 Å². The van der Waals surface area contributed by atoms with Crippen LogP contribution in [-0.2, 0) is 11.2 Å². The molecule has 0 fully saturated rings. The number of nitrogens with one attached hydrogen (secondary N) is 2. The summed E-state index contributed by atoms with van der Waals surface area (Å²) < 4.78 is 10.5. The van der Waals surface area contributed by atoms with Crippen LogP contribution >= 0.6 is 0 Å². The molecule has 0 aliphatic rings. The van der Waals surface area contributed by atoms with E-state index in [2.05, 4.69) is 10.6 Å². The highest BCUT2D eigenvalue weighted by Gasteiger charge is 2.08. The monoisotopic (exact) mass is 356 g/mol. The SMILES string of the molecule is COc1ccc(CCNC(=O)CNc2ccccc2C(C)=O)cc1OC. The van der Waals surface area contributed by atoms with Gasteiger partial charge in [-0.1, -0.05) is 18.2 Å². The highest BCUT2D eigenvalue weighted by atomic mass is 16.5. The molecule has 138 valence electrons. The number of ketones is 1. The van der Waals surface area contributed by atoms with Gasteiger partial charge in [-0.05, 0) is 43.2 Å². The molecule has 26 heavy (non-hydrogen) atoms. The van der Waals surface area contributed by atoms with Gasteiger partial charge in [-0.2, -0.15) is 0 Å². The average molecular weight is 356 g/mol. The van der Waals surface area contributed by atoms with Crippen molar-refractivity contribution in [1.29, 1.82) is 0 Å². The molecule has 2 rings (SSSR count). The number of Topliss-reactive ketones (excluding diaryl/α,β-unsaturated/α-hetero) is 1. The van der Waals surface area contributed by atoms with Crippen LogP contribution in [0, 0.1) is 0 Å². The summed E-state index contributed by atoms with van der Waals surface area (Å²) in [5.41, 5.74) is 2.28. The van der Waals surface area contributed by atoms with E-state index in [-0.39, 0.29) is 18.2 Å². The summed E-state index contributed by atoms with van der Waals surface area (Å²) in [6, 6.07) is 12.8. The van der Waals surface area contributed by atoms with Gasteiger partial charge in [0, 0.05) is 17.8 Å². The van der Waals surface area contributed by atoms with E-state index in [4.69, 9.17) is 9.47 Å². The third kappa shape index (κ3) is 5.24. The zero-order valence-electron chi connectivity index (χ0n) is 15.3. The molecule has 0 aliphatic heterocycles. The minimum absolute atomic E-state index is 0.0399. The van der Waals surface area contributed by atoms with Gasteiger partial charge in [-0.25, -0.2) is 0 Å². The van der Waals surface area contributed by atoms with Gasteiger partial charge in [-0.15, -0.1) is 0 Å². The largest absolute Gasteiger partial charge is 0.493 e. The molecule has 0 atom stereocenters. The number of methoxy groups -OCH3 is 2. The van der Waals surface area contributed by atoms with E-state index in [1.165, 1.54) is 6.92 Å². The number of benzene rings is 2. The third-order valence-electron chi connectivity index (χ3n) is 3.93. The lowest BCUT2D eigenvalue weighted by Gasteiger charge is -2.11. The van der Waals surface area contributed by atoms with Crippen molar-refractivity contribution in [2.75, 3.05) is 32.6 Å². The molecule has 0 bridgehead atoms. The first-order chi connectivity index (χ1) is 12.5. The van der Waals surface area contributed by atoms with E-state index in [9.17, 15) is 9.59 Å². The van der Waals surface area contributed by atoms with Gasteiger partial charge in [0.05, 0.1) is 20.8 Å². The lowest BCUT2D eigenvalue weighted by molar-refractivity contribution is -0.119. The number of para-hydroxylation sites is 1. The average Bonchev–Trinajstić information content (AvgIpc) is 2.66. The smallest absolute Gasteiger partial charge is 0.239 e. The predicted molar refractivity (Wildman–Crippen MR) is 101 cm³/mol. The van der Waals surface area contributed by atoms with Gasteiger partial charge < -0.3 is 20.1 Å². The molecule has 6 nitrogen and oxygen atoms in total. The number of hydrogen-bond acceptors (Lipinski definition) is 5. The number of amides is 1. The van der Waals surface area contributed by atoms with E-state index < -0.39 is 0 Å². The van der Waals surface area contributed by atoms with Gasteiger partial charge in [-0.3, -0.25) is 9.59 Å². The van der Waals surface area contributed by atoms with Crippen LogP contribution in [-0.4, -0.2) is 39.0 Å². The zero-order valence-corrected chi connectivity index (χ0v) is 15.3. The molecule has 2 N–H and O–H groups in total. The normalized spacial score (nSPS) is 10.1. The van der Waals surface area contributed by atoms with Gasteiger partial charge in [0.2, 0.25) is 5.91 Å². The fourth-order valence-electron chi connectivity index (χ4n) is 2.56. The Morgan fingerprint density at radius 3 is 2.42 bits per heavy atom. The lowest BCUT2D eigenvalue weighted by atomic mass is 10.1. The molecule has 0 aliphatic carbocycles. The first-order valence-corrected chi connectivity index (χ1v) is 8.36. The van der Waals surface area contributed by atoms with Crippen LogP contribution in [0.4, 0.5) is 5.69 Å². The van der Waals surface area contributed by atoms with Crippen molar-refractivity contribution in [2.45, 2.75) is 13.3 Å². The molecule has 2 aromatic rings. The van der Waals surface area contributed by atoms with Crippen molar-refractivity contribution >= 4 is 17.4 Å². The Hall–Kier alpha value is -3.02. The van der Waals surface area contributed by atoms with E-state index >= 15 is 0 Å². The predicted octanol–water partition coefficient (Wildman–Crippen LogP) is 2.68. The van der Waals surface area contributed by atoms with E-state index in [0.29, 0.717) is 35.7 Å². The molecule has 0 radical (unpaired) electrons. The lowest BCUT2D eigenvalue weighted by Crippen LogP contribution is -2.31. The van der Waals surface area contributed by atoms with Crippen molar-refractivity contribution in [2.24, 2.45) is 0 Å². The number of carbonyl (C=O) groups excluding carboxylic acids is 2. The topological polar surface area (TPSA) is 76.7 Å². The van der Waals surface area contributed by atoms with Crippen LogP contribution < -0.4 is 20.1 Å². The molecule has 0 saturated carbocycles. The minimum atomic E-state index is -0.135. The Morgan fingerprint density at radius 1 is 1.00 bits per heavy atom. The summed E-state index contributed by atoms with van der Waals surface area (Å²) in [5.74, 6) is 1.17. The maximum absolute atomic E-state index is 12.0. The Morgan fingerprint density at radius 2 is 1.73 bits per heavy atom. The quantitative estimate of drug-likeness (QED) is 0.676. The molecule has 2 aromatic carbocycles.